The highest BCUT2D eigenvalue weighted by Crippen LogP contribution is 2.49. The van der Waals surface area contributed by atoms with E-state index >= 15 is 0 Å². The normalized spacial score (nSPS) is 16.7. The molecule has 14 heteroatoms. The van der Waals surface area contributed by atoms with Gasteiger partial charge >= 0.3 is 13.8 Å². The number of carbonyl (C=O) groups is 1. The number of rotatable bonds is 15. The molecule has 0 heterocycles. The SMILES string of the molecule is O=C(OCCF)[C@H](O)[C@@H](O)[C@H](O)[C@H](O)COP(=O)(OCCF)OCCF. The quantitative estimate of drug-likeness (QED) is 0.195. The van der Waals surface area contributed by atoms with Crippen LogP contribution in [0, 0.1) is 0 Å². The summed E-state index contributed by atoms with van der Waals surface area (Å²) in [4.78, 5) is 11.2. The van der Waals surface area contributed by atoms with Crippen LogP contribution >= 0.6 is 7.82 Å². The predicted molar refractivity (Wildman–Crippen MR) is 78.4 cm³/mol. The van der Waals surface area contributed by atoms with E-state index in [9.17, 15) is 43.0 Å². The Bertz CT molecular complexity index is 431. The summed E-state index contributed by atoms with van der Waals surface area (Å²) < 4.78 is 65.7. The molecule has 0 aliphatic carbocycles. The second-order valence-electron chi connectivity index (χ2n) is 4.64. The maximum absolute atomic E-state index is 12.1. The lowest BCUT2D eigenvalue weighted by molar-refractivity contribution is -0.170. The molecule has 4 N–H and O–H groups in total. The molecule has 26 heavy (non-hydrogen) atoms. The molecule has 0 spiro atoms. The van der Waals surface area contributed by atoms with Crippen LogP contribution in [0.15, 0.2) is 0 Å². The molecule has 0 bridgehead atoms. The third-order valence-corrected chi connectivity index (χ3v) is 4.15. The Labute approximate surface area is 147 Å². The van der Waals surface area contributed by atoms with Gasteiger partial charge in [0.2, 0.25) is 0 Å². The Balaban J connectivity index is 4.67. The molecule has 0 saturated heterocycles. The Morgan fingerprint density at radius 3 is 1.81 bits per heavy atom. The summed E-state index contributed by atoms with van der Waals surface area (Å²) >= 11 is 0. The van der Waals surface area contributed by atoms with Crippen LogP contribution in [0.25, 0.3) is 0 Å². The van der Waals surface area contributed by atoms with Crippen LogP contribution < -0.4 is 0 Å². The lowest BCUT2D eigenvalue weighted by atomic mass is 10.0. The summed E-state index contributed by atoms with van der Waals surface area (Å²) in [7, 11) is -4.46. The van der Waals surface area contributed by atoms with Gasteiger partial charge in [0.25, 0.3) is 0 Å². The molecule has 0 unspecified atom stereocenters. The minimum Gasteiger partial charge on any atom is -0.461 e. The summed E-state index contributed by atoms with van der Waals surface area (Å²) in [6, 6.07) is 0. The molecule has 0 aliphatic heterocycles. The summed E-state index contributed by atoms with van der Waals surface area (Å²) in [5.74, 6) is -1.45. The topological polar surface area (TPSA) is 152 Å². The highest BCUT2D eigenvalue weighted by molar-refractivity contribution is 7.48. The third kappa shape index (κ3) is 9.24. The van der Waals surface area contributed by atoms with E-state index in [2.05, 4.69) is 18.3 Å². The van der Waals surface area contributed by atoms with Gasteiger partial charge in [-0.15, -0.1) is 0 Å². The average Bonchev–Trinajstić information content (AvgIpc) is 2.65. The maximum Gasteiger partial charge on any atom is 0.475 e. The molecule has 0 amide bonds. The summed E-state index contributed by atoms with van der Waals surface area (Å²) in [5.41, 5.74) is 0. The first kappa shape index (κ1) is 25.2. The number of halogens is 3. The zero-order valence-electron chi connectivity index (χ0n) is 13.6. The molecule has 0 saturated carbocycles. The molecule has 4 atom stereocenters. The number of carbonyl (C=O) groups excluding carboxylic acids is 1. The first-order valence-corrected chi connectivity index (χ1v) is 8.79. The van der Waals surface area contributed by atoms with E-state index in [1.54, 1.807) is 0 Å². The number of aliphatic hydroxyl groups excluding tert-OH is 4. The number of phosphoric acid groups is 1. The monoisotopic (exact) mass is 414 g/mol. The number of hydrogen-bond acceptors (Lipinski definition) is 10. The van der Waals surface area contributed by atoms with Crippen molar-refractivity contribution in [2.24, 2.45) is 0 Å². The highest BCUT2D eigenvalue weighted by Gasteiger charge is 2.37. The average molecular weight is 414 g/mol. The number of phosphoric ester groups is 1. The van der Waals surface area contributed by atoms with Crippen molar-refractivity contribution < 1.29 is 61.3 Å². The van der Waals surface area contributed by atoms with Crippen LogP contribution in [0.2, 0.25) is 0 Å². The third-order valence-electron chi connectivity index (χ3n) is 2.69. The Kier molecular flexibility index (Phi) is 13.0. The molecule has 156 valence electrons. The Morgan fingerprint density at radius 2 is 1.35 bits per heavy atom. The molecule has 10 nitrogen and oxygen atoms in total. The molecular formula is C12H22F3O10P. The van der Waals surface area contributed by atoms with Crippen LogP contribution in [-0.4, -0.2) is 97.3 Å². The number of alkyl halides is 3. The molecule has 0 fully saturated rings. The first-order chi connectivity index (χ1) is 12.2. The fourth-order valence-electron chi connectivity index (χ4n) is 1.45. The van der Waals surface area contributed by atoms with Gasteiger partial charge in [-0.3, -0.25) is 13.6 Å². The number of hydrogen-bond donors (Lipinski definition) is 4. The van der Waals surface area contributed by atoms with E-state index in [1.165, 1.54) is 0 Å². The predicted octanol–water partition coefficient (Wildman–Crippen LogP) is -0.960. The van der Waals surface area contributed by atoms with Gasteiger partial charge in [-0.25, -0.2) is 22.5 Å². The number of aliphatic hydroxyl groups is 4. The van der Waals surface area contributed by atoms with Crippen molar-refractivity contribution >= 4 is 13.8 Å². The first-order valence-electron chi connectivity index (χ1n) is 7.32. The fourth-order valence-corrected chi connectivity index (χ4v) is 2.59. The molecule has 0 rings (SSSR count). The fraction of sp³-hybridized carbons (Fsp3) is 0.917. The van der Waals surface area contributed by atoms with E-state index in [0.29, 0.717) is 0 Å². The second-order valence-corrected chi connectivity index (χ2v) is 6.31. The van der Waals surface area contributed by atoms with Crippen molar-refractivity contribution in [1.29, 1.82) is 0 Å². The van der Waals surface area contributed by atoms with Crippen LogP contribution in [-0.2, 0) is 27.7 Å². The molecule has 0 radical (unpaired) electrons. The summed E-state index contributed by atoms with van der Waals surface area (Å²) in [6.45, 7) is -6.31. The number of esters is 1. The van der Waals surface area contributed by atoms with Crippen LogP contribution in [0.1, 0.15) is 0 Å². The van der Waals surface area contributed by atoms with Gasteiger partial charge in [-0.05, 0) is 0 Å². The van der Waals surface area contributed by atoms with Gasteiger partial charge in [0.1, 0.15) is 44.9 Å². The summed E-state index contributed by atoms with van der Waals surface area (Å²) in [6.07, 6.45) is -8.80. The van der Waals surface area contributed by atoms with Crippen molar-refractivity contribution in [3.63, 3.8) is 0 Å². The Morgan fingerprint density at radius 1 is 0.846 bits per heavy atom. The zero-order valence-corrected chi connectivity index (χ0v) is 14.5. The van der Waals surface area contributed by atoms with Crippen LogP contribution in [0.4, 0.5) is 13.2 Å². The highest BCUT2D eigenvalue weighted by atomic mass is 31.2. The minimum atomic E-state index is -4.46. The standard InChI is InChI=1S/C12H22F3O10P/c13-1-4-22-12(20)11(19)10(18)9(17)8(16)7-25-26(21,23-5-2-14)24-6-3-15/h8-11,16-19H,1-7H2/t8-,9-,10+,11-/m1/s1. The molecule has 0 aromatic rings. The maximum atomic E-state index is 12.1. The van der Waals surface area contributed by atoms with E-state index in [1.807, 2.05) is 0 Å². The van der Waals surface area contributed by atoms with E-state index in [0.717, 1.165) is 0 Å². The van der Waals surface area contributed by atoms with Crippen molar-refractivity contribution in [3.05, 3.63) is 0 Å². The van der Waals surface area contributed by atoms with Gasteiger partial charge < -0.3 is 25.2 Å². The van der Waals surface area contributed by atoms with Crippen LogP contribution in [0.3, 0.4) is 0 Å². The largest absolute Gasteiger partial charge is 0.475 e. The zero-order chi connectivity index (χ0) is 20.2. The molecule has 0 aliphatic rings. The van der Waals surface area contributed by atoms with Crippen molar-refractivity contribution in [3.8, 4) is 0 Å². The second kappa shape index (κ2) is 13.4. The molecular weight excluding hydrogens is 392 g/mol. The van der Waals surface area contributed by atoms with Gasteiger partial charge in [0.05, 0.1) is 19.8 Å². The smallest absolute Gasteiger partial charge is 0.461 e. The minimum absolute atomic E-state index is 0.689. The van der Waals surface area contributed by atoms with Gasteiger partial charge in [0.15, 0.2) is 6.10 Å². The van der Waals surface area contributed by atoms with E-state index < -0.39 is 84.7 Å². The van der Waals surface area contributed by atoms with Gasteiger partial charge in [-0.2, -0.15) is 0 Å². The van der Waals surface area contributed by atoms with Crippen molar-refractivity contribution in [2.45, 2.75) is 24.4 Å². The summed E-state index contributed by atoms with van der Waals surface area (Å²) in [5, 5.41) is 38.4. The Hall–Kier alpha value is -0.790. The van der Waals surface area contributed by atoms with E-state index in [-0.39, 0.29) is 0 Å². The molecule has 0 aromatic carbocycles. The number of ether oxygens (including phenoxy) is 1. The van der Waals surface area contributed by atoms with E-state index in [4.69, 9.17) is 0 Å². The van der Waals surface area contributed by atoms with Crippen molar-refractivity contribution in [2.75, 3.05) is 46.5 Å². The lowest BCUT2D eigenvalue weighted by Gasteiger charge is -2.26. The van der Waals surface area contributed by atoms with Gasteiger partial charge in [0, 0.05) is 0 Å². The van der Waals surface area contributed by atoms with Crippen LogP contribution in [0.5, 0.6) is 0 Å². The van der Waals surface area contributed by atoms with Gasteiger partial charge in [-0.1, -0.05) is 0 Å². The lowest BCUT2D eigenvalue weighted by Crippen LogP contribution is -2.49. The molecule has 0 aromatic heterocycles. The van der Waals surface area contributed by atoms with Crippen molar-refractivity contribution in [1.82, 2.24) is 0 Å².